The van der Waals surface area contributed by atoms with Gasteiger partial charge in [0.1, 0.15) is 4.47 Å². The van der Waals surface area contributed by atoms with E-state index >= 15 is 0 Å². The molecule has 0 fully saturated rings. The largest absolute Gasteiger partial charge is 0.458 e. The molecule has 0 N–H and O–H groups in total. The predicted molar refractivity (Wildman–Crippen MR) is 53.3 cm³/mol. The average molecular weight is 283 g/mol. The van der Waals surface area contributed by atoms with Crippen LogP contribution in [0.3, 0.4) is 0 Å². The molecule has 7 heteroatoms. The highest BCUT2D eigenvalue weighted by atomic mass is 79.9. The Morgan fingerprint density at radius 3 is 2.80 bits per heavy atom. The summed E-state index contributed by atoms with van der Waals surface area (Å²) in [6.45, 7) is -0.0844. The molecule has 84 valence electrons. The van der Waals surface area contributed by atoms with Crippen molar-refractivity contribution in [2.75, 3.05) is 6.61 Å². The molecular weight excluding hydrogens is 274 g/mol. The third-order valence-electron chi connectivity index (χ3n) is 1.54. The Kier molecular flexibility index (Phi) is 3.43. The molecular formula is C8H9BrF2N2O2. The van der Waals surface area contributed by atoms with Gasteiger partial charge in [0, 0.05) is 14.0 Å². The number of hydrogen-bond acceptors (Lipinski definition) is 3. The van der Waals surface area contributed by atoms with Gasteiger partial charge in [0.15, 0.2) is 6.61 Å². The minimum atomic E-state index is -2.95. The van der Waals surface area contributed by atoms with Gasteiger partial charge in [-0.15, -0.1) is 0 Å². The fraction of sp³-hybridized carbons (Fsp3) is 0.500. The summed E-state index contributed by atoms with van der Waals surface area (Å²) in [5.41, 5.74) is -0.389. The maximum atomic E-state index is 12.5. The van der Waals surface area contributed by atoms with Crippen LogP contribution in [0.4, 0.5) is 8.78 Å². The molecule has 15 heavy (non-hydrogen) atoms. The lowest BCUT2D eigenvalue weighted by Gasteiger charge is -2.12. The first-order valence-corrected chi connectivity index (χ1v) is 4.83. The van der Waals surface area contributed by atoms with Gasteiger partial charge in [-0.2, -0.15) is 0 Å². The molecule has 0 saturated carbocycles. The second kappa shape index (κ2) is 4.26. The van der Waals surface area contributed by atoms with Crippen LogP contribution in [0.25, 0.3) is 0 Å². The van der Waals surface area contributed by atoms with Crippen LogP contribution in [0.2, 0.25) is 0 Å². The third-order valence-corrected chi connectivity index (χ3v) is 2.08. The van der Waals surface area contributed by atoms with Crippen molar-refractivity contribution >= 4 is 15.9 Å². The molecule has 4 nitrogen and oxygen atoms in total. The van der Waals surface area contributed by atoms with Crippen LogP contribution in [0.1, 0.15) is 6.92 Å². The molecule has 0 aliphatic rings. The molecule has 0 atom stereocenters. The highest BCUT2D eigenvalue weighted by Crippen LogP contribution is 2.14. The van der Waals surface area contributed by atoms with Gasteiger partial charge in [-0.05, 0) is 15.9 Å². The smallest absolute Gasteiger partial charge is 0.299 e. The average Bonchev–Trinajstić information content (AvgIpc) is 2.12. The summed E-state index contributed by atoms with van der Waals surface area (Å²) in [6.07, 6.45) is 1.21. The monoisotopic (exact) mass is 282 g/mol. The first kappa shape index (κ1) is 12.1. The van der Waals surface area contributed by atoms with Crippen molar-refractivity contribution in [3.63, 3.8) is 0 Å². The lowest BCUT2D eigenvalue weighted by atomic mass is 10.4. The van der Waals surface area contributed by atoms with E-state index in [0.29, 0.717) is 0 Å². The Morgan fingerprint density at radius 2 is 2.27 bits per heavy atom. The highest BCUT2D eigenvalue weighted by molar-refractivity contribution is 9.10. The van der Waals surface area contributed by atoms with Crippen molar-refractivity contribution < 1.29 is 13.5 Å². The summed E-state index contributed by atoms with van der Waals surface area (Å²) >= 11 is 2.97. The minimum absolute atomic E-state index is 0.135. The van der Waals surface area contributed by atoms with Gasteiger partial charge >= 0.3 is 0 Å². The first-order valence-electron chi connectivity index (χ1n) is 4.03. The minimum Gasteiger partial charge on any atom is -0.458 e. The maximum Gasteiger partial charge on any atom is 0.299 e. The fourth-order valence-electron chi connectivity index (χ4n) is 0.826. The molecule has 0 amide bonds. The van der Waals surface area contributed by atoms with Gasteiger partial charge in [0.05, 0.1) is 6.20 Å². The number of alkyl halides is 2. The predicted octanol–water partition coefficient (Wildman–Crippen LogP) is 1.58. The Labute approximate surface area is 93.0 Å². The van der Waals surface area contributed by atoms with Crippen molar-refractivity contribution in [1.82, 2.24) is 9.55 Å². The molecule has 0 saturated heterocycles. The van der Waals surface area contributed by atoms with Crippen molar-refractivity contribution in [1.29, 1.82) is 0 Å². The van der Waals surface area contributed by atoms with E-state index in [1.165, 1.54) is 13.2 Å². The van der Waals surface area contributed by atoms with Crippen molar-refractivity contribution in [2.45, 2.75) is 12.8 Å². The second-order valence-electron chi connectivity index (χ2n) is 3.11. The second-order valence-corrected chi connectivity index (χ2v) is 3.97. The molecule has 0 bridgehead atoms. The van der Waals surface area contributed by atoms with Gasteiger partial charge in [-0.25, -0.2) is 13.8 Å². The number of rotatable bonds is 3. The molecule has 1 aromatic heterocycles. The zero-order valence-corrected chi connectivity index (χ0v) is 9.72. The summed E-state index contributed by atoms with van der Waals surface area (Å²) in [6, 6.07) is -0.135. The van der Waals surface area contributed by atoms with E-state index in [4.69, 9.17) is 4.74 Å². The van der Waals surface area contributed by atoms with Crippen molar-refractivity contribution in [3.8, 4) is 6.01 Å². The van der Waals surface area contributed by atoms with Gasteiger partial charge in [0.2, 0.25) is 0 Å². The van der Waals surface area contributed by atoms with Crippen LogP contribution >= 0.6 is 15.9 Å². The molecule has 0 aliphatic carbocycles. The van der Waals surface area contributed by atoms with E-state index < -0.39 is 12.5 Å². The third kappa shape index (κ3) is 3.26. The molecule has 0 aromatic carbocycles. The van der Waals surface area contributed by atoms with E-state index in [9.17, 15) is 13.6 Å². The summed E-state index contributed by atoms with van der Waals surface area (Å²) in [4.78, 5) is 15.0. The van der Waals surface area contributed by atoms with Crippen molar-refractivity contribution in [2.24, 2.45) is 7.05 Å². The van der Waals surface area contributed by atoms with Crippen LogP contribution < -0.4 is 10.3 Å². The molecule has 1 heterocycles. The highest BCUT2D eigenvalue weighted by Gasteiger charge is 2.23. The van der Waals surface area contributed by atoms with Gasteiger partial charge in [0.25, 0.3) is 17.5 Å². The zero-order valence-electron chi connectivity index (χ0n) is 8.13. The Bertz CT molecular complexity index is 414. The molecule has 1 aromatic rings. The quantitative estimate of drug-likeness (QED) is 0.846. The van der Waals surface area contributed by atoms with Crippen LogP contribution in [0.5, 0.6) is 6.01 Å². The van der Waals surface area contributed by atoms with E-state index in [1.54, 1.807) is 0 Å². The van der Waals surface area contributed by atoms with Crippen molar-refractivity contribution in [3.05, 3.63) is 21.0 Å². The van der Waals surface area contributed by atoms with Gasteiger partial charge < -0.3 is 4.74 Å². The van der Waals surface area contributed by atoms with E-state index in [2.05, 4.69) is 20.9 Å². The van der Waals surface area contributed by atoms with E-state index in [1.807, 2.05) is 0 Å². The summed E-state index contributed by atoms with van der Waals surface area (Å²) in [5, 5.41) is 0. The lowest BCUT2D eigenvalue weighted by molar-refractivity contribution is -0.0268. The number of halogens is 3. The summed E-state index contributed by atoms with van der Waals surface area (Å²) in [7, 11) is 1.39. The van der Waals surface area contributed by atoms with Gasteiger partial charge in [-0.3, -0.25) is 9.36 Å². The summed E-state index contributed by atoms with van der Waals surface area (Å²) < 4.78 is 31.0. The van der Waals surface area contributed by atoms with E-state index in [0.717, 1.165) is 11.5 Å². The maximum absolute atomic E-state index is 12.5. The SMILES string of the molecule is Cn1c(OCC(C)(F)F)ncc(Br)c1=O. The molecule has 0 aliphatic heterocycles. The number of nitrogens with zero attached hydrogens (tertiary/aromatic N) is 2. The number of aromatic nitrogens is 2. The molecule has 0 spiro atoms. The molecule has 0 unspecified atom stereocenters. The summed E-state index contributed by atoms with van der Waals surface area (Å²) in [5.74, 6) is -2.95. The molecule has 0 radical (unpaired) electrons. The number of ether oxygens (including phenoxy) is 1. The van der Waals surface area contributed by atoms with Crippen LogP contribution in [0, 0.1) is 0 Å². The fourth-order valence-corrected chi connectivity index (χ4v) is 1.19. The zero-order chi connectivity index (χ0) is 11.6. The van der Waals surface area contributed by atoms with Crippen LogP contribution in [-0.4, -0.2) is 22.1 Å². The first-order chi connectivity index (χ1) is 6.81. The molecule has 1 rings (SSSR count). The lowest BCUT2D eigenvalue weighted by Crippen LogP contribution is -2.26. The topological polar surface area (TPSA) is 44.1 Å². The Hall–Kier alpha value is -0.980. The van der Waals surface area contributed by atoms with Gasteiger partial charge in [-0.1, -0.05) is 0 Å². The number of hydrogen-bond donors (Lipinski definition) is 0. The standard InChI is InChI=1S/C8H9BrF2N2O2/c1-8(10,11)4-15-7-12-3-5(9)6(14)13(7)2/h3H,4H2,1-2H3. The Balaban J connectivity index is 2.89. The Morgan fingerprint density at radius 1 is 1.67 bits per heavy atom. The van der Waals surface area contributed by atoms with E-state index in [-0.39, 0.29) is 16.0 Å². The normalized spacial score (nSPS) is 11.5. The van der Waals surface area contributed by atoms with Crippen LogP contribution in [-0.2, 0) is 7.05 Å². The van der Waals surface area contributed by atoms with Crippen LogP contribution in [0.15, 0.2) is 15.5 Å².